The Labute approximate surface area is 108 Å². The molecule has 2 aliphatic rings. The Kier molecular flexibility index (Phi) is 3.66. The predicted octanol–water partition coefficient (Wildman–Crippen LogP) is -0.592. The number of carbonyl (C=O) groups is 1. The average Bonchev–Trinajstić information content (AvgIpc) is 2.85. The summed E-state index contributed by atoms with van der Waals surface area (Å²) in [6.45, 7) is 1.02. The van der Waals surface area contributed by atoms with Crippen molar-refractivity contribution in [2.45, 2.75) is 43.7 Å². The molecule has 1 amide bonds. The summed E-state index contributed by atoms with van der Waals surface area (Å²) in [5.41, 5.74) is 5.42. The summed E-state index contributed by atoms with van der Waals surface area (Å²) in [4.78, 5) is 14.0. The largest absolute Gasteiger partial charge is 0.339 e. The van der Waals surface area contributed by atoms with Crippen LogP contribution >= 0.6 is 0 Å². The summed E-state index contributed by atoms with van der Waals surface area (Å²) < 4.78 is 24.8. The molecule has 1 aliphatic heterocycles. The van der Waals surface area contributed by atoms with E-state index in [0.29, 0.717) is 19.5 Å². The van der Waals surface area contributed by atoms with E-state index in [1.807, 2.05) is 0 Å². The third-order valence-electron chi connectivity index (χ3n) is 3.78. The lowest BCUT2D eigenvalue weighted by atomic mass is 9.97. The zero-order valence-corrected chi connectivity index (χ0v) is 11.5. The van der Waals surface area contributed by atoms with Gasteiger partial charge in [0.25, 0.3) is 0 Å². The summed E-state index contributed by atoms with van der Waals surface area (Å²) in [7, 11) is -3.21. The average molecular weight is 275 g/mol. The number of rotatable bonds is 3. The van der Waals surface area contributed by atoms with Crippen molar-refractivity contribution in [2.24, 2.45) is 5.73 Å². The zero-order valence-electron chi connectivity index (χ0n) is 10.7. The number of nitrogens with one attached hydrogen (secondary N) is 1. The Morgan fingerprint density at radius 3 is 2.56 bits per heavy atom. The van der Waals surface area contributed by atoms with E-state index in [4.69, 9.17) is 5.73 Å². The fourth-order valence-electron chi connectivity index (χ4n) is 2.88. The highest BCUT2D eigenvalue weighted by atomic mass is 32.2. The second-order valence-corrected chi connectivity index (χ2v) is 7.27. The summed E-state index contributed by atoms with van der Waals surface area (Å²) in [5.74, 6) is -0.0159. The fourth-order valence-corrected chi connectivity index (χ4v) is 3.68. The highest BCUT2D eigenvalue weighted by Crippen LogP contribution is 2.30. The van der Waals surface area contributed by atoms with Crippen molar-refractivity contribution in [3.05, 3.63) is 0 Å². The van der Waals surface area contributed by atoms with Gasteiger partial charge in [0.05, 0.1) is 11.8 Å². The topological polar surface area (TPSA) is 92.5 Å². The molecule has 1 unspecified atom stereocenters. The summed E-state index contributed by atoms with van der Waals surface area (Å²) >= 11 is 0. The molecule has 2 rings (SSSR count). The van der Waals surface area contributed by atoms with Gasteiger partial charge in [-0.25, -0.2) is 13.1 Å². The van der Waals surface area contributed by atoms with Gasteiger partial charge in [0.15, 0.2) is 0 Å². The number of likely N-dealkylation sites (tertiary alicyclic amines) is 1. The first-order valence-corrected chi connectivity index (χ1v) is 8.25. The van der Waals surface area contributed by atoms with Gasteiger partial charge < -0.3 is 10.6 Å². The van der Waals surface area contributed by atoms with Gasteiger partial charge in [0.1, 0.15) is 0 Å². The number of nitrogens with two attached hydrogens (primary N) is 1. The number of amides is 1. The third kappa shape index (κ3) is 3.02. The Balaban J connectivity index is 1.94. The molecule has 104 valence electrons. The van der Waals surface area contributed by atoms with Crippen molar-refractivity contribution < 1.29 is 13.2 Å². The van der Waals surface area contributed by atoms with Crippen LogP contribution < -0.4 is 10.5 Å². The maximum Gasteiger partial charge on any atom is 0.242 e. The minimum absolute atomic E-state index is 0.0159. The molecule has 7 heteroatoms. The van der Waals surface area contributed by atoms with Crippen LogP contribution in [-0.2, 0) is 14.8 Å². The Morgan fingerprint density at radius 2 is 2.00 bits per heavy atom. The molecule has 1 aliphatic carbocycles. The fraction of sp³-hybridized carbons (Fsp3) is 0.909. The van der Waals surface area contributed by atoms with Gasteiger partial charge in [-0.05, 0) is 19.3 Å². The second-order valence-electron chi connectivity index (χ2n) is 5.49. The lowest BCUT2D eigenvalue weighted by Crippen LogP contribution is -2.53. The van der Waals surface area contributed by atoms with E-state index in [2.05, 4.69) is 4.72 Å². The van der Waals surface area contributed by atoms with Crippen LogP contribution in [-0.4, -0.2) is 50.2 Å². The Bertz CT molecular complexity index is 429. The summed E-state index contributed by atoms with van der Waals surface area (Å²) in [6.07, 6.45) is 5.29. The maximum absolute atomic E-state index is 12.3. The molecule has 2 fully saturated rings. The molecule has 1 heterocycles. The van der Waals surface area contributed by atoms with Gasteiger partial charge in [-0.2, -0.15) is 0 Å². The minimum Gasteiger partial charge on any atom is -0.339 e. The van der Waals surface area contributed by atoms with E-state index in [-0.39, 0.29) is 11.9 Å². The molecule has 1 saturated heterocycles. The molecule has 0 aromatic rings. The quantitative estimate of drug-likeness (QED) is 0.720. The van der Waals surface area contributed by atoms with Crippen molar-refractivity contribution in [1.29, 1.82) is 0 Å². The summed E-state index contributed by atoms with van der Waals surface area (Å²) in [5, 5.41) is 0. The minimum atomic E-state index is -3.21. The van der Waals surface area contributed by atoms with Crippen LogP contribution in [0.3, 0.4) is 0 Å². The van der Waals surface area contributed by atoms with Gasteiger partial charge in [-0.3, -0.25) is 4.79 Å². The normalized spacial score (nSPS) is 27.7. The van der Waals surface area contributed by atoms with Crippen LogP contribution in [0.25, 0.3) is 0 Å². The van der Waals surface area contributed by atoms with Gasteiger partial charge in [0.2, 0.25) is 15.9 Å². The Hall–Kier alpha value is -0.660. The highest BCUT2D eigenvalue weighted by Gasteiger charge is 2.42. The molecule has 0 radical (unpaired) electrons. The molecule has 3 N–H and O–H groups in total. The first-order valence-electron chi connectivity index (χ1n) is 6.36. The van der Waals surface area contributed by atoms with Crippen molar-refractivity contribution in [1.82, 2.24) is 9.62 Å². The monoisotopic (exact) mass is 275 g/mol. The first-order chi connectivity index (χ1) is 8.30. The van der Waals surface area contributed by atoms with Crippen molar-refractivity contribution in [2.75, 3.05) is 19.3 Å². The van der Waals surface area contributed by atoms with Gasteiger partial charge in [0, 0.05) is 19.1 Å². The molecule has 0 spiro atoms. The Morgan fingerprint density at radius 1 is 1.39 bits per heavy atom. The first kappa shape index (κ1) is 13.8. The van der Waals surface area contributed by atoms with E-state index in [9.17, 15) is 13.2 Å². The smallest absolute Gasteiger partial charge is 0.242 e. The van der Waals surface area contributed by atoms with Crippen molar-refractivity contribution >= 4 is 15.9 Å². The number of carbonyl (C=O) groups excluding carboxylic acids is 1. The van der Waals surface area contributed by atoms with Crippen LogP contribution in [0.5, 0.6) is 0 Å². The standard InChI is InChI=1S/C11H21N3O3S/c1-18(16,17)13-9-4-7-14(8-9)10(15)11(12)5-2-3-6-11/h9,13H,2-8,12H2,1H3. The van der Waals surface area contributed by atoms with Gasteiger partial charge in [-0.1, -0.05) is 12.8 Å². The van der Waals surface area contributed by atoms with E-state index in [1.165, 1.54) is 0 Å². The molecule has 6 nitrogen and oxygen atoms in total. The molecule has 1 atom stereocenters. The van der Waals surface area contributed by atoms with Crippen LogP contribution in [0.2, 0.25) is 0 Å². The molecular weight excluding hydrogens is 254 g/mol. The molecule has 1 saturated carbocycles. The van der Waals surface area contributed by atoms with Crippen molar-refractivity contribution in [3.63, 3.8) is 0 Å². The second kappa shape index (κ2) is 4.79. The summed E-state index contributed by atoms with van der Waals surface area (Å²) in [6, 6.07) is -0.172. The predicted molar refractivity (Wildman–Crippen MR) is 68.4 cm³/mol. The number of hydrogen-bond acceptors (Lipinski definition) is 4. The van der Waals surface area contributed by atoms with E-state index in [1.54, 1.807) is 4.90 Å². The lowest BCUT2D eigenvalue weighted by Gasteiger charge is -2.28. The molecule has 0 aromatic heterocycles. The molecule has 18 heavy (non-hydrogen) atoms. The number of sulfonamides is 1. The molecule has 0 bridgehead atoms. The van der Waals surface area contributed by atoms with E-state index >= 15 is 0 Å². The van der Waals surface area contributed by atoms with Crippen LogP contribution in [0.15, 0.2) is 0 Å². The molecular formula is C11H21N3O3S. The lowest BCUT2D eigenvalue weighted by molar-refractivity contribution is -0.135. The van der Waals surface area contributed by atoms with Crippen LogP contribution in [0.4, 0.5) is 0 Å². The zero-order chi connectivity index (χ0) is 13.4. The van der Waals surface area contributed by atoms with E-state index in [0.717, 1.165) is 31.9 Å². The third-order valence-corrected chi connectivity index (χ3v) is 4.54. The molecule has 0 aromatic carbocycles. The SMILES string of the molecule is CS(=O)(=O)NC1CCN(C(=O)C2(N)CCCC2)C1. The van der Waals surface area contributed by atoms with Crippen molar-refractivity contribution in [3.8, 4) is 0 Å². The maximum atomic E-state index is 12.3. The number of nitrogens with zero attached hydrogens (tertiary/aromatic N) is 1. The van der Waals surface area contributed by atoms with Crippen LogP contribution in [0.1, 0.15) is 32.1 Å². The van der Waals surface area contributed by atoms with Crippen LogP contribution in [0, 0.1) is 0 Å². The van der Waals surface area contributed by atoms with E-state index < -0.39 is 15.6 Å². The van der Waals surface area contributed by atoms with Gasteiger partial charge in [-0.15, -0.1) is 0 Å². The highest BCUT2D eigenvalue weighted by molar-refractivity contribution is 7.88. The number of hydrogen-bond donors (Lipinski definition) is 2. The van der Waals surface area contributed by atoms with Gasteiger partial charge >= 0.3 is 0 Å².